The molecule has 132 valence electrons. The normalized spacial score (nSPS) is 11.6. The quantitative estimate of drug-likeness (QED) is 0.744. The number of nitrogens with one attached hydrogen (secondary N) is 2. The largest absolute Gasteiger partial charge is 0.355 e. The molecule has 2 N–H and O–H groups in total. The Morgan fingerprint density at radius 2 is 1.65 bits per heavy atom. The highest BCUT2D eigenvalue weighted by atomic mass is 16.2. The summed E-state index contributed by atoms with van der Waals surface area (Å²) in [5.41, 5.74) is 1.96. The molecule has 0 unspecified atom stereocenters. The first-order valence-corrected chi connectivity index (χ1v) is 8.32. The minimum absolute atomic E-state index is 0.0541. The molecule has 26 heavy (non-hydrogen) atoms. The van der Waals surface area contributed by atoms with Crippen LogP contribution in [0.2, 0.25) is 0 Å². The Kier molecular flexibility index (Phi) is 5.12. The van der Waals surface area contributed by atoms with Gasteiger partial charge in [-0.15, -0.1) is 0 Å². The van der Waals surface area contributed by atoms with Crippen LogP contribution in [0.25, 0.3) is 0 Å². The summed E-state index contributed by atoms with van der Waals surface area (Å²) in [4.78, 5) is 24.1. The smallest absolute Gasteiger partial charge is 0.256 e. The minimum atomic E-state index is -0.312. The van der Waals surface area contributed by atoms with Crippen molar-refractivity contribution in [2.45, 2.75) is 13.0 Å². The van der Waals surface area contributed by atoms with Gasteiger partial charge in [-0.3, -0.25) is 14.3 Å². The Labute approximate surface area is 151 Å². The summed E-state index contributed by atoms with van der Waals surface area (Å²) in [5.74, 6) is -0.0860. The lowest BCUT2D eigenvalue weighted by Gasteiger charge is -2.12. The molecule has 0 spiro atoms. The number of nitrogens with zero attached hydrogens (tertiary/aromatic N) is 2. The zero-order valence-corrected chi connectivity index (χ0v) is 14.6. The van der Waals surface area contributed by atoms with Gasteiger partial charge in [-0.25, -0.2) is 0 Å². The molecule has 0 aliphatic heterocycles. The van der Waals surface area contributed by atoms with Gasteiger partial charge in [0.1, 0.15) is 0 Å². The molecule has 0 saturated carbocycles. The molecular formula is C20H20N4O2. The van der Waals surface area contributed by atoms with Crippen molar-refractivity contribution in [3.63, 3.8) is 0 Å². The number of hydrogen-bond acceptors (Lipinski definition) is 3. The van der Waals surface area contributed by atoms with Crippen LogP contribution in [0.3, 0.4) is 0 Å². The van der Waals surface area contributed by atoms with Gasteiger partial charge in [0.15, 0.2) is 5.82 Å². The first kappa shape index (κ1) is 17.4. The Hall–Kier alpha value is -3.41. The fourth-order valence-electron chi connectivity index (χ4n) is 2.64. The van der Waals surface area contributed by atoms with E-state index < -0.39 is 0 Å². The molecule has 2 aromatic carbocycles. The van der Waals surface area contributed by atoms with E-state index in [4.69, 9.17) is 0 Å². The van der Waals surface area contributed by atoms with E-state index in [1.807, 2.05) is 43.5 Å². The van der Waals surface area contributed by atoms with Gasteiger partial charge in [-0.05, 0) is 30.7 Å². The summed E-state index contributed by atoms with van der Waals surface area (Å²) in [5, 5.41) is 9.74. The molecule has 0 aliphatic carbocycles. The number of anilines is 1. The molecule has 1 heterocycles. The summed E-state index contributed by atoms with van der Waals surface area (Å²) < 4.78 is 1.80. The van der Waals surface area contributed by atoms with Gasteiger partial charge < -0.3 is 10.6 Å². The maximum atomic E-state index is 12.4. The fraction of sp³-hybridized carbons (Fsp3) is 0.150. The van der Waals surface area contributed by atoms with E-state index in [2.05, 4.69) is 15.7 Å². The van der Waals surface area contributed by atoms with Crippen LogP contribution in [0, 0.1) is 0 Å². The number of carbonyl (C=O) groups excluding carboxylic acids is 2. The third-order valence-corrected chi connectivity index (χ3v) is 4.14. The molecule has 0 radical (unpaired) electrons. The summed E-state index contributed by atoms with van der Waals surface area (Å²) in [6.45, 7) is 2.04. The number of aromatic nitrogens is 2. The van der Waals surface area contributed by atoms with Crippen LogP contribution in [0.15, 0.2) is 66.9 Å². The maximum absolute atomic E-state index is 12.4. The first-order chi connectivity index (χ1) is 12.6. The highest BCUT2D eigenvalue weighted by Crippen LogP contribution is 2.18. The Morgan fingerprint density at radius 3 is 2.35 bits per heavy atom. The third kappa shape index (κ3) is 3.80. The molecule has 0 bridgehead atoms. The summed E-state index contributed by atoms with van der Waals surface area (Å²) in [6, 6.07) is 18.4. The molecule has 0 saturated heterocycles. The van der Waals surface area contributed by atoms with Gasteiger partial charge in [0.05, 0.1) is 6.04 Å². The zero-order valence-electron chi connectivity index (χ0n) is 14.6. The SMILES string of the molecule is CNC(=O)c1cccc(C(=O)Nc2ccn([C@@H](C)c3ccccc3)n2)c1. The number of carbonyl (C=O) groups is 2. The average Bonchev–Trinajstić information content (AvgIpc) is 3.16. The van der Waals surface area contributed by atoms with Crippen LogP contribution in [-0.4, -0.2) is 28.6 Å². The molecule has 3 aromatic rings. The Balaban J connectivity index is 1.73. The van der Waals surface area contributed by atoms with Gasteiger partial charge in [0.25, 0.3) is 11.8 Å². The van der Waals surface area contributed by atoms with Crippen molar-refractivity contribution in [1.29, 1.82) is 0 Å². The van der Waals surface area contributed by atoms with E-state index in [-0.39, 0.29) is 17.9 Å². The predicted octanol–water partition coefficient (Wildman–Crippen LogP) is 3.10. The van der Waals surface area contributed by atoms with Crippen LogP contribution in [-0.2, 0) is 0 Å². The maximum Gasteiger partial charge on any atom is 0.256 e. The second kappa shape index (κ2) is 7.65. The highest BCUT2D eigenvalue weighted by molar-refractivity contribution is 6.05. The lowest BCUT2D eigenvalue weighted by Crippen LogP contribution is -2.19. The van der Waals surface area contributed by atoms with Gasteiger partial charge in [0, 0.05) is 30.4 Å². The topological polar surface area (TPSA) is 76.0 Å². The zero-order chi connectivity index (χ0) is 18.5. The molecule has 6 nitrogen and oxygen atoms in total. The van der Waals surface area contributed by atoms with Crippen LogP contribution in [0.4, 0.5) is 5.82 Å². The van der Waals surface area contributed by atoms with Crippen LogP contribution < -0.4 is 10.6 Å². The lowest BCUT2D eigenvalue weighted by molar-refractivity contribution is 0.0963. The standard InChI is InChI=1S/C20H20N4O2/c1-14(15-7-4-3-5-8-15)24-12-11-18(23-24)22-20(26)17-10-6-9-16(13-17)19(25)21-2/h3-14H,1-2H3,(H,21,25)(H,22,23,26)/t14-/m0/s1. The Bertz CT molecular complexity index is 918. The van der Waals surface area contributed by atoms with Crippen molar-refractivity contribution in [3.05, 3.63) is 83.6 Å². The number of rotatable bonds is 5. The molecule has 1 atom stereocenters. The molecular weight excluding hydrogens is 328 g/mol. The van der Waals surface area contributed by atoms with Crippen molar-refractivity contribution >= 4 is 17.6 Å². The van der Waals surface area contributed by atoms with Crippen LogP contribution in [0.1, 0.15) is 39.2 Å². The Morgan fingerprint density at radius 1 is 0.962 bits per heavy atom. The summed E-state index contributed by atoms with van der Waals surface area (Å²) in [7, 11) is 1.55. The van der Waals surface area contributed by atoms with Gasteiger partial charge in [-0.1, -0.05) is 36.4 Å². The van der Waals surface area contributed by atoms with Gasteiger partial charge in [-0.2, -0.15) is 5.10 Å². The number of benzene rings is 2. The van der Waals surface area contributed by atoms with Gasteiger partial charge >= 0.3 is 0 Å². The van der Waals surface area contributed by atoms with E-state index >= 15 is 0 Å². The van der Waals surface area contributed by atoms with Crippen molar-refractivity contribution < 1.29 is 9.59 Å². The predicted molar refractivity (Wildman–Crippen MR) is 100 cm³/mol. The number of hydrogen-bond donors (Lipinski definition) is 2. The van der Waals surface area contributed by atoms with E-state index in [1.54, 1.807) is 42.1 Å². The van der Waals surface area contributed by atoms with E-state index in [0.29, 0.717) is 16.9 Å². The molecule has 0 fully saturated rings. The van der Waals surface area contributed by atoms with E-state index in [0.717, 1.165) is 5.56 Å². The minimum Gasteiger partial charge on any atom is -0.355 e. The highest BCUT2D eigenvalue weighted by Gasteiger charge is 2.13. The van der Waals surface area contributed by atoms with Crippen LogP contribution >= 0.6 is 0 Å². The van der Waals surface area contributed by atoms with Crippen molar-refractivity contribution in [2.24, 2.45) is 0 Å². The monoisotopic (exact) mass is 348 g/mol. The lowest BCUT2D eigenvalue weighted by atomic mass is 10.1. The van der Waals surface area contributed by atoms with Crippen LogP contribution in [0.5, 0.6) is 0 Å². The molecule has 3 rings (SSSR count). The third-order valence-electron chi connectivity index (χ3n) is 4.14. The van der Waals surface area contributed by atoms with Crippen molar-refractivity contribution in [2.75, 3.05) is 12.4 Å². The molecule has 0 aliphatic rings. The average molecular weight is 348 g/mol. The first-order valence-electron chi connectivity index (χ1n) is 8.32. The van der Waals surface area contributed by atoms with E-state index in [1.165, 1.54) is 0 Å². The van der Waals surface area contributed by atoms with Crippen molar-refractivity contribution in [3.8, 4) is 0 Å². The summed E-state index contributed by atoms with van der Waals surface area (Å²) >= 11 is 0. The van der Waals surface area contributed by atoms with Crippen molar-refractivity contribution in [1.82, 2.24) is 15.1 Å². The second-order valence-electron chi connectivity index (χ2n) is 5.88. The summed E-state index contributed by atoms with van der Waals surface area (Å²) in [6.07, 6.45) is 1.83. The van der Waals surface area contributed by atoms with Gasteiger partial charge in [0.2, 0.25) is 0 Å². The number of amides is 2. The van der Waals surface area contributed by atoms with E-state index in [9.17, 15) is 9.59 Å². The fourth-order valence-corrected chi connectivity index (χ4v) is 2.64. The molecule has 1 aromatic heterocycles. The molecule has 2 amide bonds. The molecule has 6 heteroatoms. The second-order valence-corrected chi connectivity index (χ2v) is 5.88.